The van der Waals surface area contributed by atoms with Gasteiger partial charge in [0.05, 0.1) is 18.2 Å². The summed E-state index contributed by atoms with van der Waals surface area (Å²) in [4.78, 5) is 39.6. The normalized spacial score (nSPS) is 18.3. The van der Waals surface area contributed by atoms with Crippen LogP contribution in [0.25, 0.3) is 0 Å². The van der Waals surface area contributed by atoms with E-state index in [2.05, 4.69) is 4.98 Å². The van der Waals surface area contributed by atoms with Gasteiger partial charge >= 0.3 is 11.7 Å². The molecule has 0 amide bonds. The molecule has 0 aliphatic carbocycles. The summed E-state index contributed by atoms with van der Waals surface area (Å²) in [5, 5.41) is 9.14. The molecule has 0 aromatic carbocycles. The second-order valence-electron chi connectivity index (χ2n) is 5.38. The first-order chi connectivity index (χ1) is 9.90. The third kappa shape index (κ3) is 3.40. The van der Waals surface area contributed by atoms with Crippen molar-refractivity contribution in [2.45, 2.75) is 32.0 Å². The lowest BCUT2D eigenvalue weighted by Crippen LogP contribution is -2.42. The molecule has 1 atom stereocenters. The van der Waals surface area contributed by atoms with Crippen molar-refractivity contribution in [1.29, 1.82) is 0 Å². The van der Waals surface area contributed by atoms with E-state index in [4.69, 9.17) is 9.84 Å². The minimum absolute atomic E-state index is 0.0742. The fourth-order valence-corrected chi connectivity index (χ4v) is 2.42. The Morgan fingerprint density at radius 2 is 2.19 bits per heavy atom. The van der Waals surface area contributed by atoms with E-state index in [0.29, 0.717) is 6.61 Å². The van der Waals surface area contributed by atoms with Gasteiger partial charge in [0.2, 0.25) is 0 Å². The highest BCUT2D eigenvalue weighted by atomic mass is 16.5. The highest BCUT2D eigenvalue weighted by Crippen LogP contribution is 2.12. The Bertz CT molecular complexity index is 640. The maximum absolute atomic E-state index is 12.4. The molecular weight excluding hydrogens is 278 g/mol. The number of aromatic nitrogens is 2. The van der Waals surface area contributed by atoms with E-state index in [0.717, 1.165) is 17.4 Å². The van der Waals surface area contributed by atoms with Crippen molar-refractivity contribution in [1.82, 2.24) is 14.5 Å². The number of aromatic amines is 1. The molecule has 8 nitrogen and oxygen atoms in total. The Balaban J connectivity index is 2.48. The Morgan fingerprint density at radius 3 is 2.71 bits per heavy atom. The first-order valence-electron chi connectivity index (χ1n) is 6.75. The van der Waals surface area contributed by atoms with Gasteiger partial charge in [-0.05, 0) is 26.9 Å². The molecule has 1 fully saturated rings. The van der Waals surface area contributed by atoms with Crippen LogP contribution in [-0.4, -0.2) is 52.3 Å². The van der Waals surface area contributed by atoms with E-state index >= 15 is 0 Å². The highest BCUT2D eigenvalue weighted by molar-refractivity contribution is 5.86. The zero-order valence-corrected chi connectivity index (χ0v) is 12.1. The maximum atomic E-state index is 12.4. The van der Waals surface area contributed by atoms with Crippen molar-refractivity contribution >= 4 is 5.97 Å². The number of nitrogens with zero attached hydrogens (tertiary/aromatic N) is 2. The summed E-state index contributed by atoms with van der Waals surface area (Å²) in [5.74, 6) is -1.31. The van der Waals surface area contributed by atoms with Crippen molar-refractivity contribution < 1.29 is 14.6 Å². The van der Waals surface area contributed by atoms with E-state index in [1.165, 1.54) is 0 Å². The molecule has 0 radical (unpaired) electrons. The molecule has 1 aliphatic rings. The van der Waals surface area contributed by atoms with Crippen LogP contribution in [0.4, 0.5) is 0 Å². The van der Waals surface area contributed by atoms with Crippen molar-refractivity contribution in [2.24, 2.45) is 0 Å². The Labute approximate surface area is 121 Å². The Hall–Kier alpha value is -1.93. The van der Waals surface area contributed by atoms with Gasteiger partial charge in [-0.3, -0.25) is 9.36 Å². The highest BCUT2D eigenvalue weighted by Gasteiger charge is 2.23. The molecule has 2 rings (SSSR count). The predicted molar refractivity (Wildman–Crippen MR) is 74.6 cm³/mol. The standard InChI is InChI=1S/C13H19N3O5/c1-15(2)7-9-10(12(18)19)14-13(20)16(11(9)17)6-8-4-3-5-21-8/h8H,3-7H2,1-2H3,(H,14,20)(H,18,19)/t8-/m0/s1. The molecule has 1 aliphatic heterocycles. The second-order valence-corrected chi connectivity index (χ2v) is 5.38. The first kappa shape index (κ1) is 15.5. The Kier molecular flexibility index (Phi) is 4.59. The van der Waals surface area contributed by atoms with Crippen LogP contribution < -0.4 is 11.2 Å². The third-order valence-corrected chi connectivity index (χ3v) is 3.38. The number of carboxylic acid groups (broad SMARTS) is 1. The van der Waals surface area contributed by atoms with Gasteiger partial charge in [0, 0.05) is 13.2 Å². The number of aromatic carboxylic acids is 1. The SMILES string of the molecule is CN(C)Cc1c(C(=O)O)[nH]c(=O)n(C[C@@H]2CCCO2)c1=O. The van der Waals surface area contributed by atoms with Crippen LogP contribution >= 0.6 is 0 Å². The average Bonchev–Trinajstić information content (AvgIpc) is 2.90. The van der Waals surface area contributed by atoms with Gasteiger partial charge in [-0.25, -0.2) is 9.59 Å². The molecule has 1 aromatic rings. The minimum atomic E-state index is -1.31. The summed E-state index contributed by atoms with van der Waals surface area (Å²) in [6, 6.07) is 0. The van der Waals surface area contributed by atoms with Gasteiger partial charge in [0.15, 0.2) is 0 Å². The van der Waals surface area contributed by atoms with Gasteiger partial charge < -0.3 is 19.7 Å². The van der Waals surface area contributed by atoms with Crippen LogP contribution in [-0.2, 0) is 17.8 Å². The van der Waals surface area contributed by atoms with Crippen LogP contribution in [0.15, 0.2) is 9.59 Å². The molecule has 0 spiro atoms. The molecule has 8 heteroatoms. The van der Waals surface area contributed by atoms with Gasteiger partial charge in [-0.15, -0.1) is 0 Å². The van der Waals surface area contributed by atoms with E-state index in [-0.39, 0.29) is 30.5 Å². The number of hydrogen-bond donors (Lipinski definition) is 2. The van der Waals surface area contributed by atoms with Crippen molar-refractivity contribution in [3.63, 3.8) is 0 Å². The number of carbonyl (C=O) groups is 1. The smallest absolute Gasteiger partial charge is 0.352 e. The van der Waals surface area contributed by atoms with Crippen LogP contribution in [0.5, 0.6) is 0 Å². The number of H-pyrrole nitrogens is 1. The molecule has 2 N–H and O–H groups in total. The average molecular weight is 297 g/mol. The molecule has 21 heavy (non-hydrogen) atoms. The number of hydrogen-bond acceptors (Lipinski definition) is 5. The van der Waals surface area contributed by atoms with Gasteiger partial charge in [0.1, 0.15) is 5.69 Å². The largest absolute Gasteiger partial charge is 0.477 e. The zero-order chi connectivity index (χ0) is 15.6. The van der Waals surface area contributed by atoms with E-state index < -0.39 is 17.2 Å². The van der Waals surface area contributed by atoms with E-state index in [1.54, 1.807) is 19.0 Å². The summed E-state index contributed by atoms with van der Waals surface area (Å²) in [6.45, 7) is 0.909. The van der Waals surface area contributed by atoms with Crippen LogP contribution in [0.1, 0.15) is 28.9 Å². The monoisotopic (exact) mass is 297 g/mol. The molecule has 0 unspecified atom stereocenters. The van der Waals surface area contributed by atoms with Crippen molar-refractivity contribution in [2.75, 3.05) is 20.7 Å². The first-order valence-corrected chi connectivity index (χ1v) is 6.75. The van der Waals surface area contributed by atoms with Crippen LogP contribution in [0, 0.1) is 0 Å². The van der Waals surface area contributed by atoms with Crippen molar-refractivity contribution in [3.8, 4) is 0 Å². The second kappa shape index (κ2) is 6.23. The number of nitrogens with one attached hydrogen (secondary N) is 1. The van der Waals surface area contributed by atoms with Gasteiger partial charge in [-0.1, -0.05) is 0 Å². The summed E-state index contributed by atoms with van der Waals surface area (Å²) in [7, 11) is 3.45. The summed E-state index contributed by atoms with van der Waals surface area (Å²) < 4.78 is 6.46. The molecule has 1 saturated heterocycles. The Morgan fingerprint density at radius 1 is 1.48 bits per heavy atom. The topological polar surface area (TPSA) is 105 Å². The fourth-order valence-electron chi connectivity index (χ4n) is 2.42. The lowest BCUT2D eigenvalue weighted by atomic mass is 10.2. The summed E-state index contributed by atoms with van der Waals surface area (Å²) >= 11 is 0. The number of carboxylic acids is 1. The maximum Gasteiger partial charge on any atom is 0.352 e. The number of ether oxygens (including phenoxy) is 1. The lowest BCUT2D eigenvalue weighted by molar-refractivity contribution is 0.0686. The summed E-state index contributed by atoms with van der Waals surface area (Å²) in [6.07, 6.45) is 1.51. The molecule has 1 aromatic heterocycles. The van der Waals surface area contributed by atoms with E-state index in [9.17, 15) is 14.4 Å². The molecule has 2 heterocycles. The third-order valence-electron chi connectivity index (χ3n) is 3.38. The molecule has 0 bridgehead atoms. The predicted octanol–water partition coefficient (Wildman–Crippen LogP) is -0.525. The molecule has 116 valence electrons. The van der Waals surface area contributed by atoms with E-state index in [1.807, 2.05) is 0 Å². The van der Waals surface area contributed by atoms with Crippen LogP contribution in [0.3, 0.4) is 0 Å². The molecular formula is C13H19N3O5. The minimum Gasteiger partial charge on any atom is -0.477 e. The zero-order valence-electron chi connectivity index (χ0n) is 12.1. The quantitative estimate of drug-likeness (QED) is 0.757. The fraction of sp³-hybridized carbons (Fsp3) is 0.615. The van der Waals surface area contributed by atoms with Crippen LogP contribution in [0.2, 0.25) is 0 Å². The van der Waals surface area contributed by atoms with Gasteiger partial charge in [0.25, 0.3) is 5.56 Å². The van der Waals surface area contributed by atoms with Gasteiger partial charge in [-0.2, -0.15) is 0 Å². The summed E-state index contributed by atoms with van der Waals surface area (Å²) in [5.41, 5.74) is -1.55. The molecule has 0 saturated carbocycles. The lowest BCUT2D eigenvalue weighted by Gasteiger charge is -2.15. The number of rotatable bonds is 5. The van der Waals surface area contributed by atoms with Crippen molar-refractivity contribution in [3.05, 3.63) is 32.1 Å².